The molecule has 8 heavy (non-hydrogen) atoms. The summed E-state index contributed by atoms with van der Waals surface area (Å²) in [7, 11) is -0.161. The van der Waals surface area contributed by atoms with Gasteiger partial charge in [-0.1, -0.05) is 0 Å². The molecule has 0 radical (unpaired) electrons. The average molecular weight is 201 g/mol. The zero-order chi connectivity index (χ0) is 7.00. The molecule has 0 bridgehead atoms. The van der Waals surface area contributed by atoms with Gasteiger partial charge in [0.2, 0.25) is 0 Å². The van der Waals surface area contributed by atoms with Crippen molar-refractivity contribution in [2.24, 2.45) is 0 Å². The van der Waals surface area contributed by atoms with Gasteiger partial charge < -0.3 is 0 Å². The van der Waals surface area contributed by atoms with Crippen molar-refractivity contribution in [2.75, 3.05) is 0 Å². The molecule has 0 aliphatic carbocycles. The van der Waals surface area contributed by atoms with E-state index in [0.717, 1.165) is 0 Å². The zero-order valence-corrected chi connectivity index (χ0v) is 6.32. The first-order chi connectivity index (χ1) is 3.25. The highest BCUT2D eigenvalue weighted by atomic mass is 35.7. The molecular formula is CCl3FO2S. The zero-order valence-electron chi connectivity index (χ0n) is 3.24. The standard InChI is InChI=1S/CCl3FO2S/c2-1(3,5)8(4,6)7. The van der Waals surface area contributed by atoms with Crippen LogP contribution in [0.3, 0.4) is 0 Å². The van der Waals surface area contributed by atoms with Crippen molar-refractivity contribution in [1.82, 2.24) is 0 Å². The predicted octanol–water partition coefficient (Wildman–Crippen LogP) is 1.61. The molecule has 0 saturated heterocycles. The van der Waals surface area contributed by atoms with Gasteiger partial charge in [-0.15, -0.1) is 0 Å². The van der Waals surface area contributed by atoms with E-state index in [1.807, 2.05) is 0 Å². The lowest BCUT2D eigenvalue weighted by Crippen LogP contribution is -2.13. The van der Waals surface area contributed by atoms with Crippen molar-refractivity contribution < 1.29 is 12.8 Å². The van der Waals surface area contributed by atoms with Gasteiger partial charge in [0.05, 0.1) is 0 Å². The van der Waals surface area contributed by atoms with Crippen LogP contribution in [0.5, 0.6) is 0 Å². The first-order valence-electron chi connectivity index (χ1n) is 1.26. The van der Waals surface area contributed by atoms with Crippen molar-refractivity contribution in [3.8, 4) is 0 Å². The van der Waals surface area contributed by atoms with E-state index in [2.05, 4.69) is 33.9 Å². The molecule has 0 saturated carbocycles. The normalized spacial score (nSPS) is 14.0. The van der Waals surface area contributed by atoms with Gasteiger partial charge >= 0.3 is 3.92 Å². The SMILES string of the molecule is O=S(=O)(Cl)C(F)(Cl)Cl. The third kappa shape index (κ3) is 2.35. The highest BCUT2D eigenvalue weighted by Gasteiger charge is 2.38. The van der Waals surface area contributed by atoms with Crippen LogP contribution in [0.2, 0.25) is 0 Å². The summed E-state index contributed by atoms with van der Waals surface area (Å²) in [6.45, 7) is 0. The number of rotatable bonds is 1. The minimum atomic E-state index is -4.50. The van der Waals surface area contributed by atoms with Crippen LogP contribution in [0.4, 0.5) is 4.39 Å². The second-order valence-electron chi connectivity index (χ2n) is 0.884. The molecule has 0 aromatic rings. The van der Waals surface area contributed by atoms with Crippen LogP contribution in [0.1, 0.15) is 0 Å². The minimum absolute atomic E-state index is 3.38. The molecule has 0 unspecified atom stereocenters. The van der Waals surface area contributed by atoms with Gasteiger partial charge in [0.15, 0.2) is 0 Å². The number of hydrogen-bond donors (Lipinski definition) is 0. The Labute approximate surface area is 59.9 Å². The number of hydrogen-bond acceptors (Lipinski definition) is 2. The predicted molar refractivity (Wildman–Crippen MR) is 30.3 cm³/mol. The molecule has 0 amide bonds. The van der Waals surface area contributed by atoms with Crippen molar-refractivity contribution in [3.63, 3.8) is 0 Å². The van der Waals surface area contributed by atoms with Crippen LogP contribution in [0.25, 0.3) is 0 Å². The van der Waals surface area contributed by atoms with Gasteiger partial charge in [0.1, 0.15) is 0 Å². The summed E-state index contributed by atoms with van der Waals surface area (Å²) < 4.78 is 27.9. The second-order valence-corrected chi connectivity index (χ2v) is 5.22. The average Bonchev–Trinajstić information content (AvgIpc) is 1.25. The summed E-state index contributed by atoms with van der Waals surface area (Å²) >= 11 is 8.78. The fraction of sp³-hybridized carbons (Fsp3) is 1.00. The monoisotopic (exact) mass is 200 g/mol. The van der Waals surface area contributed by atoms with Crippen molar-refractivity contribution >= 4 is 42.9 Å². The summed E-state index contributed by atoms with van der Waals surface area (Å²) in [4.78, 5) is 0. The molecular weight excluding hydrogens is 201 g/mol. The Morgan fingerprint density at radius 1 is 1.38 bits per heavy atom. The van der Waals surface area contributed by atoms with E-state index in [-0.39, 0.29) is 0 Å². The van der Waals surface area contributed by atoms with E-state index in [1.165, 1.54) is 0 Å². The van der Waals surface area contributed by atoms with Crippen LogP contribution in [0.15, 0.2) is 0 Å². The smallest absolute Gasteiger partial charge is 0.206 e. The highest BCUT2D eigenvalue weighted by molar-refractivity contribution is 8.16. The molecule has 2 nitrogen and oxygen atoms in total. The molecule has 0 fully saturated rings. The first kappa shape index (κ1) is 8.75. The fourth-order valence-electron chi connectivity index (χ4n) is 0. The maximum atomic E-state index is 11.7. The van der Waals surface area contributed by atoms with Crippen molar-refractivity contribution in [2.45, 2.75) is 3.92 Å². The summed E-state index contributed by atoms with van der Waals surface area (Å²) in [6, 6.07) is 0. The Balaban J connectivity index is 4.53. The van der Waals surface area contributed by atoms with Crippen LogP contribution >= 0.6 is 33.9 Å². The Morgan fingerprint density at radius 3 is 1.50 bits per heavy atom. The van der Waals surface area contributed by atoms with Gasteiger partial charge in [-0.3, -0.25) is 0 Å². The summed E-state index contributed by atoms with van der Waals surface area (Å²) in [6.07, 6.45) is 0. The maximum absolute atomic E-state index is 11.7. The molecule has 0 rings (SSSR count). The van der Waals surface area contributed by atoms with Crippen LogP contribution in [0, 0.1) is 0 Å². The summed E-state index contributed by atoms with van der Waals surface area (Å²) in [5.74, 6) is 0. The van der Waals surface area contributed by atoms with Gasteiger partial charge in [-0.25, -0.2) is 8.42 Å². The van der Waals surface area contributed by atoms with Crippen LogP contribution in [-0.2, 0) is 9.05 Å². The Morgan fingerprint density at radius 2 is 1.50 bits per heavy atom. The highest BCUT2D eigenvalue weighted by Crippen LogP contribution is 2.32. The first-order valence-corrected chi connectivity index (χ1v) is 4.32. The topological polar surface area (TPSA) is 34.1 Å². The Hall–Kier alpha value is 0.750. The molecule has 0 aliphatic heterocycles. The van der Waals surface area contributed by atoms with Gasteiger partial charge in [-0.05, 0) is 23.2 Å². The molecule has 50 valence electrons. The molecule has 0 aliphatic rings. The third-order valence-corrected chi connectivity index (χ3v) is 3.16. The lowest BCUT2D eigenvalue weighted by atomic mass is 11.7. The molecule has 7 heteroatoms. The van der Waals surface area contributed by atoms with Crippen LogP contribution in [-0.4, -0.2) is 12.3 Å². The van der Waals surface area contributed by atoms with Gasteiger partial charge in [-0.2, -0.15) is 4.39 Å². The Kier molecular flexibility index (Phi) is 2.38. The number of halogens is 4. The van der Waals surface area contributed by atoms with E-state index in [1.54, 1.807) is 0 Å². The van der Waals surface area contributed by atoms with E-state index >= 15 is 0 Å². The summed E-state index contributed by atoms with van der Waals surface area (Å²) in [5, 5.41) is 0. The van der Waals surface area contributed by atoms with E-state index in [9.17, 15) is 12.8 Å². The van der Waals surface area contributed by atoms with E-state index < -0.39 is 13.0 Å². The van der Waals surface area contributed by atoms with Crippen molar-refractivity contribution in [1.29, 1.82) is 0 Å². The number of alkyl halides is 3. The minimum Gasteiger partial charge on any atom is -0.206 e. The molecule has 0 aromatic heterocycles. The van der Waals surface area contributed by atoms with Gasteiger partial charge in [0.25, 0.3) is 9.05 Å². The molecule has 0 N–H and O–H groups in total. The molecule has 0 spiro atoms. The lowest BCUT2D eigenvalue weighted by Gasteiger charge is -2.00. The second kappa shape index (κ2) is 2.17. The molecule has 0 atom stereocenters. The third-order valence-electron chi connectivity index (χ3n) is 0.276. The molecule has 0 aromatic carbocycles. The van der Waals surface area contributed by atoms with E-state index in [0.29, 0.717) is 0 Å². The van der Waals surface area contributed by atoms with E-state index in [4.69, 9.17) is 0 Å². The molecule has 0 heterocycles. The van der Waals surface area contributed by atoms with Gasteiger partial charge in [0, 0.05) is 10.7 Å². The summed E-state index contributed by atoms with van der Waals surface area (Å²) in [5.41, 5.74) is 0. The quantitative estimate of drug-likeness (QED) is 0.477. The maximum Gasteiger partial charge on any atom is 0.372 e. The van der Waals surface area contributed by atoms with Crippen LogP contribution < -0.4 is 0 Å². The Bertz CT molecular complexity index is 166. The fourth-order valence-corrected chi connectivity index (χ4v) is 0. The lowest BCUT2D eigenvalue weighted by molar-refractivity contribution is 0.477. The van der Waals surface area contributed by atoms with Crippen molar-refractivity contribution in [3.05, 3.63) is 0 Å². The largest absolute Gasteiger partial charge is 0.372 e.